The molecule has 0 saturated carbocycles. The molecule has 0 aliphatic carbocycles. The highest BCUT2D eigenvalue weighted by Gasteiger charge is 2.04. The van der Waals surface area contributed by atoms with Gasteiger partial charge in [0.1, 0.15) is 0 Å². The first kappa shape index (κ1) is 15.1. The topological polar surface area (TPSA) is 95.5 Å². The first-order chi connectivity index (χ1) is 8.37. The average Bonchev–Trinajstić information content (AvgIpc) is 2.62. The Hall–Kier alpha value is -0.960. The first-order valence-electron chi connectivity index (χ1n) is 5.31. The summed E-state index contributed by atoms with van der Waals surface area (Å²) in [4.78, 5) is 12.3. The molecule has 0 saturated heterocycles. The number of carbonyl (C=O) groups is 1. The maximum atomic E-state index is 10.8. The molecule has 0 fully saturated rings. The van der Waals surface area contributed by atoms with Crippen molar-refractivity contribution in [1.82, 2.24) is 10.0 Å². The summed E-state index contributed by atoms with van der Waals surface area (Å²) < 4.78 is 23.9. The zero-order valence-corrected chi connectivity index (χ0v) is 11.6. The van der Waals surface area contributed by atoms with Crippen LogP contribution in [0.3, 0.4) is 0 Å². The van der Waals surface area contributed by atoms with Gasteiger partial charge in [0.15, 0.2) is 0 Å². The van der Waals surface area contributed by atoms with Crippen LogP contribution in [0, 0.1) is 0 Å². The molecule has 0 unspecified atom stereocenters. The molecule has 6 nitrogen and oxygen atoms in total. The molecule has 8 heteroatoms. The second-order valence-electron chi connectivity index (χ2n) is 3.78. The van der Waals surface area contributed by atoms with Gasteiger partial charge in [-0.05, 0) is 12.1 Å². The summed E-state index contributed by atoms with van der Waals surface area (Å²) in [6.07, 6.45) is 1.16. The van der Waals surface area contributed by atoms with E-state index in [1.54, 1.807) is 6.07 Å². The number of nitrogens with one attached hydrogen (secondary N) is 2. The smallest absolute Gasteiger partial charge is 0.308 e. The third-order valence-corrected chi connectivity index (χ3v) is 3.82. The van der Waals surface area contributed by atoms with Crippen molar-refractivity contribution < 1.29 is 18.3 Å². The van der Waals surface area contributed by atoms with E-state index < -0.39 is 16.0 Å². The summed E-state index contributed by atoms with van der Waals surface area (Å²) in [6.45, 7) is 1.47. The lowest BCUT2D eigenvalue weighted by Crippen LogP contribution is -2.30. The van der Waals surface area contributed by atoms with Gasteiger partial charge in [-0.25, -0.2) is 13.1 Å². The predicted molar refractivity (Wildman–Crippen MR) is 70.2 cm³/mol. The summed E-state index contributed by atoms with van der Waals surface area (Å²) in [6, 6.07) is 3.67. The first-order valence-corrected chi connectivity index (χ1v) is 8.02. The van der Waals surface area contributed by atoms with Gasteiger partial charge in [0.25, 0.3) is 0 Å². The minimum absolute atomic E-state index is 0.0420. The highest BCUT2D eigenvalue weighted by molar-refractivity contribution is 7.88. The van der Waals surface area contributed by atoms with Crippen LogP contribution in [0.4, 0.5) is 0 Å². The molecule has 0 spiro atoms. The monoisotopic (exact) mass is 292 g/mol. The molecule has 0 bridgehead atoms. The van der Waals surface area contributed by atoms with Crippen molar-refractivity contribution >= 4 is 27.3 Å². The Morgan fingerprint density at radius 3 is 2.61 bits per heavy atom. The van der Waals surface area contributed by atoms with Crippen molar-refractivity contribution in [3.05, 3.63) is 21.9 Å². The number of thiophene rings is 1. The molecule has 0 radical (unpaired) electrons. The number of sulfonamides is 1. The molecule has 1 aromatic rings. The number of rotatable bonds is 8. The van der Waals surface area contributed by atoms with Crippen molar-refractivity contribution in [2.75, 3.05) is 19.3 Å². The molecule has 1 rings (SSSR count). The van der Waals surface area contributed by atoms with Crippen molar-refractivity contribution in [2.24, 2.45) is 0 Å². The average molecular weight is 292 g/mol. The van der Waals surface area contributed by atoms with Crippen LogP contribution in [0.1, 0.15) is 9.75 Å². The third kappa shape index (κ3) is 6.70. The van der Waals surface area contributed by atoms with Gasteiger partial charge in [0.2, 0.25) is 10.0 Å². The summed E-state index contributed by atoms with van der Waals surface area (Å²) in [7, 11) is -3.13. The zero-order valence-electron chi connectivity index (χ0n) is 9.97. The van der Waals surface area contributed by atoms with Crippen molar-refractivity contribution in [3.8, 4) is 0 Å². The molecule has 18 heavy (non-hydrogen) atoms. The lowest BCUT2D eigenvalue weighted by atomic mass is 10.3. The van der Waals surface area contributed by atoms with Crippen molar-refractivity contribution in [2.45, 2.75) is 13.0 Å². The quantitative estimate of drug-likeness (QED) is 0.587. The summed E-state index contributed by atoms with van der Waals surface area (Å²) in [5, 5.41) is 11.7. The number of hydrogen-bond donors (Lipinski definition) is 3. The van der Waals surface area contributed by atoms with Crippen LogP contribution in [-0.4, -0.2) is 38.8 Å². The fourth-order valence-corrected chi connectivity index (χ4v) is 2.75. The summed E-state index contributed by atoms with van der Waals surface area (Å²) in [5.41, 5.74) is 0. The van der Waals surface area contributed by atoms with Crippen LogP contribution in [0.15, 0.2) is 12.1 Å². The van der Waals surface area contributed by atoms with E-state index in [-0.39, 0.29) is 6.42 Å². The molecular formula is C10H16N2O4S2. The van der Waals surface area contributed by atoms with Gasteiger partial charge in [-0.3, -0.25) is 4.79 Å². The summed E-state index contributed by atoms with van der Waals surface area (Å²) in [5.74, 6) is -0.839. The number of carboxylic acids is 1. The largest absolute Gasteiger partial charge is 0.481 e. The molecule has 3 N–H and O–H groups in total. The number of aliphatic carboxylic acids is 1. The van der Waals surface area contributed by atoms with E-state index in [0.717, 1.165) is 16.0 Å². The zero-order chi connectivity index (χ0) is 13.6. The molecule has 0 aliphatic heterocycles. The Bertz CT molecular complexity index is 496. The minimum atomic E-state index is -3.13. The van der Waals surface area contributed by atoms with E-state index in [2.05, 4.69) is 10.0 Å². The Morgan fingerprint density at radius 1 is 1.33 bits per heavy atom. The number of hydrogen-bond acceptors (Lipinski definition) is 5. The van der Waals surface area contributed by atoms with Gasteiger partial charge >= 0.3 is 5.97 Å². The van der Waals surface area contributed by atoms with E-state index in [1.165, 1.54) is 11.3 Å². The Balaban J connectivity index is 2.23. The van der Waals surface area contributed by atoms with Crippen LogP contribution in [-0.2, 0) is 27.8 Å². The molecule has 1 aromatic heterocycles. The highest BCUT2D eigenvalue weighted by Crippen LogP contribution is 2.16. The second-order valence-corrected chi connectivity index (χ2v) is 6.87. The Morgan fingerprint density at radius 2 is 2.00 bits per heavy atom. The standard InChI is InChI=1S/C10H16N2O4S2/c1-18(15,16)12-5-4-11-7-9-3-2-8(17-9)6-10(13)14/h2-3,11-12H,4-7H2,1H3,(H,13,14). The van der Waals surface area contributed by atoms with Gasteiger partial charge in [-0.15, -0.1) is 11.3 Å². The summed E-state index contributed by atoms with van der Waals surface area (Å²) >= 11 is 1.44. The molecular weight excluding hydrogens is 276 g/mol. The lowest BCUT2D eigenvalue weighted by Gasteiger charge is -2.03. The van der Waals surface area contributed by atoms with Gasteiger partial charge < -0.3 is 10.4 Å². The van der Waals surface area contributed by atoms with Gasteiger partial charge in [0.05, 0.1) is 12.7 Å². The van der Waals surface area contributed by atoms with Gasteiger partial charge in [0, 0.05) is 29.4 Å². The highest BCUT2D eigenvalue weighted by atomic mass is 32.2. The second kappa shape index (κ2) is 6.83. The van der Waals surface area contributed by atoms with E-state index in [9.17, 15) is 13.2 Å². The minimum Gasteiger partial charge on any atom is -0.481 e. The van der Waals surface area contributed by atoms with E-state index in [0.29, 0.717) is 19.6 Å². The van der Waals surface area contributed by atoms with Gasteiger partial charge in [-0.1, -0.05) is 0 Å². The van der Waals surface area contributed by atoms with Crippen LogP contribution in [0.5, 0.6) is 0 Å². The van der Waals surface area contributed by atoms with Crippen LogP contribution < -0.4 is 10.0 Å². The fourth-order valence-electron chi connectivity index (χ4n) is 1.30. The van der Waals surface area contributed by atoms with E-state index >= 15 is 0 Å². The molecule has 0 amide bonds. The van der Waals surface area contributed by atoms with Crippen LogP contribution in [0.2, 0.25) is 0 Å². The van der Waals surface area contributed by atoms with Crippen molar-refractivity contribution in [1.29, 1.82) is 0 Å². The lowest BCUT2D eigenvalue weighted by molar-refractivity contribution is -0.136. The molecule has 0 aromatic carbocycles. The Kier molecular flexibility index (Phi) is 5.73. The van der Waals surface area contributed by atoms with Crippen molar-refractivity contribution in [3.63, 3.8) is 0 Å². The Labute approximate surface area is 110 Å². The predicted octanol–water partition coefficient (Wildman–Crippen LogP) is 0.0140. The molecule has 102 valence electrons. The maximum absolute atomic E-state index is 10.8. The number of carboxylic acid groups (broad SMARTS) is 1. The maximum Gasteiger partial charge on any atom is 0.308 e. The van der Waals surface area contributed by atoms with Crippen LogP contribution in [0.25, 0.3) is 0 Å². The van der Waals surface area contributed by atoms with E-state index in [1.807, 2.05) is 6.07 Å². The van der Waals surface area contributed by atoms with Crippen LogP contribution >= 0.6 is 11.3 Å². The molecule has 0 aliphatic rings. The fraction of sp³-hybridized carbons (Fsp3) is 0.500. The van der Waals surface area contributed by atoms with Gasteiger partial charge in [-0.2, -0.15) is 0 Å². The molecule has 0 atom stereocenters. The SMILES string of the molecule is CS(=O)(=O)NCCNCc1ccc(CC(=O)O)s1. The van der Waals surface area contributed by atoms with E-state index in [4.69, 9.17) is 5.11 Å². The molecule has 1 heterocycles. The normalized spacial score (nSPS) is 11.6. The third-order valence-electron chi connectivity index (χ3n) is 2.01.